The molecule has 0 aliphatic heterocycles. The molecule has 0 aliphatic carbocycles. The van der Waals surface area contributed by atoms with Crippen LogP contribution in [0.4, 0.5) is 5.69 Å². The van der Waals surface area contributed by atoms with E-state index in [4.69, 9.17) is 17.0 Å². The molecule has 5 nitrogen and oxygen atoms in total. The fourth-order valence-corrected chi connectivity index (χ4v) is 1.13. The smallest absolute Gasteiger partial charge is 0.170 e. The second-order valence-corrected chi connectivity index (χ2v) is 3.12. The number of H-pyrrole nitrogens is 1. The highest BCUT2D eigenvalue weighted by molar-refractivity contribution is 7.80. The number of thiocarbonyl (C=S) groups is 1. The van der Waals surface area contributed by atoms with E-state index in [1.165, 1.54) is 0 Å². The van der Waals surface area contributed by atoms with Gasteiger partial charge in [0.25, 0.3) is 0 Å². The maximum Gasteiger partial charge on any atom is 0.170 e. The molecule has 6 heteroatoms. The Morgan fingerprint density at radius 1 is 1.71 bits per heavy atom. The van der Waals surface area contributed by atoms with Crippen LogP contribution in [0.2, 0.25) is 0 Å². The lowest BCUT2D eigenvalue weighted by molar-refractivity contribution is 0.196. The predicted octanol–water partition coefficient (Wildman–Crippen LogP) is 0.733. The van der Waals surface area contributed by atoms with E-state index in [9.17, 15) is 0 Å². The molecule has 0 unspecified atom stereocenters. The van der Waals surface area contributed by atoms with Gasteiger partial charge in [0, 0.05) is 26.5 Å². The van der Waals surface area contributed by atoms with Crippen molar-refractivity contribution in [1.82, 2.24) is 15.5 Å². The maximum atomic E-state index is 5.05. The second-order valence-electron chi connectivity index (χ2n) is 2.71. The number of anilines is 1. The monoisotopic (exact) mass is 214 g/mol. The Hall–Kier alpha value is -1.14. The molecule has 1 heterocycles. The minimum Gasteiger partial charge on any atom is -0.385 e. The zero-order valence-corrected chi connectivity index (χ0v) is 8.86. The first-order valence-corrected chi connectivity index (χ1v) is 4.76. The van der Waals surface area contributed by atoms with Crippen molar-refractivity contribution in [3.8, 4) is 0 Å². The van der Waals surface area contributed by atoms with Crippen molar-refractivity contribution < 1.29 is 4.74 Å². The Kier molecular flexibility index (Phi) is 4.95. The van der Waals surface area contributed by atoms with E-state index in [0.717, 1.165) is 25.3 Å². The number of ether oxygens (including phenoxy) is 1. The molecule has 3 N–H and O–H groups in total. The summed E-state index contributed by atoms with van der Waals surface area (Å²) in [7, 11) is 1.68. The SMILES string of the molecule is COCCCNC(=S)Nc1cn[nH]c1. The van der Waals surface area contributed by atoms with Gasteiger partial charge in [-0.15, -0.1) is 0 Å². The molecule has 0 saturated heterocycles. The van der Waals surface area contributed by atoms with Gasteiger partial charge >= 0.3 is 0 Å². The van der Waals surface area contributed by atoms with Crippen molar-refractivity contribution in [2.45, 2.75) is 6.42 Å². The zero-order valence-electron chi connectivity index (χ0n) is 8.04. The molecule has 1 aromatic heterocycles. The van der Waals surface area contributed by atoms with Crippen molar-refractivity contribution in [3.63, 3.8) is 0 Å². The Bertz CT molecular complexity index is 262. The third-order valence-electron chi connectivity index (χ3n) is 1.57. The molecule has 14 heavy (non-hydrogen) atoms. The van der Waals surface area contributed by atoms with Gasteiger partial charge in [-0.3, -0.25) is 5.10 Å². The molecular formula is C8H14N4OS. The number of rotatable bonds is 5. The summed E-state index contributed by atoms with van der Waals surface area (Å²) in [6, 6.07) is 0. The summed E-state index contributed by atoms with van der Waals surface area (Å²) in [5, 5.41) is 13.1. The van der Waals surface area contributed by atoms with E-state index in [0.29, 0.717) is 5.11 Å². The van der Waals surface area contributed by atoms with E-state index < -0.39 is 0 Å². The first kappa shape index (κ1) is 10.9. The molecule has 0 fully saturated rings. The molecule has 1 rings (SSSR count). The Balaban J connectivity index is 2.11. The second kappa shape index (κ2) is 6.33. The maximum absolute atomic E-state index is 5.05. The van der Waals surface area contributed by atoms with E-state index in [1.54, 1.807) is 19.5 Å². The molecule has 0 bridgehead atoms. The van der Waals surface area contributed by atoms with Crippen LogP contribution in [0, 0.1) is 0 Å². The first-order valence-electron chi connectivity index (χ1n) is 4.35. The molecule has 0 saturated carbocycles. The third kappa shape index (κ3) is 4.20. The van der Waals surface area contributed by atoms with E-state index in [2.05, 4.69) is 20.8 Å². The largest absolute Gasteiger partial charge is 0.385 e. The van der Waals surface area contributed by atoms with Crippen molar-refractivity contribution in [1.29, 1.82) is 0 Å². The van der Waals surface area contributed by atoms with Crippen LogP contribution < -0.4 is 10.6 Å². The highest BCUT2D eigenvalue weighted by atomic mass is 32.1. The summed E-state index contributed by atoms with van der Waals surface area (Å²) >= 11 is 5.05. The minimum atomic E-state index is 0.600. The molecule has 0 atom stereocenters. The van der Waals surface area contributed by atoms with Crippen molar-refractivity contribution in [2.75, 3.05) is 25.6 Å². The predicted molar refractivity (Wildman–Crippen MR) is 59.3 cm³/mol. The summed E-state index contributed by atoms with van der Waals surface area (Å²) in [6.07, 6.45) is 4.34. The lowest BCUT2D eigenvalue weighted by atomic mass is 10.4. The fraction of sp³-hybridized carbons (Fsp3) is 0.500. The topological polar surface area (TPSA) is 62.0 Å². The number of hydrogen-bond acceptors (Lipinski definition) is 3. The molecule has 0 aliphatic rings. The highest BCUT2D eigenvalue weighted by Gasteiger charge is 1.96. The van der Waals surface area contributed by atoms with Crippen LogP contribution in [-0.2, 0) is 4.74 Å². The zero-order chi connectivity index (χ0) is 10.2. The third-order valence-corrected chi connectivity index (χ3v) is 1.81. The molecule has 0 aromatic carbocycles. The Morgan fingerprint density at radius 2 is 2.57 bits per heavy atom. The molecule has 0 amide bonds. The minimum absolute atomic E-state index is 0.600. The van der Waals surface area contributed by atoms with E-state index in [1.807, 2.05) is 0 Å². The quantitative estimate of drug-likeness (QED) is 0.498. The van der Waals surface area contributed by atoms with Gasteiger partial charge in [-0.25, -0.2) is 0 Å². The highest BCUT2D eigenvalue weighted by Crippen LogP contribution is 1.99. The van der Waals surface area contributed by atoms with Crippen LogP contribution in [-0.4, -0.2) is 35.6 Å². The van der Waals surface area contributed by atoms with Gasteiger partial charge in [0.2, 0.25) is 0 Å². The summed E-state index contributed by atoms with van der Waals surface area (Å²) in [6.45, 7) is 1.54. The number of methoxy groups -OCH3 is 1. The summed E-state index contributed by atoms with van der Waals surface area (Å²) < 4.78 is 4.91. The molecule has 0 spiro atoms. The Labute approximate surface area is 88.2 Å². The molecule has 78 valence electrons. The normalized spacial score (nSPS) is 9.79. The summed E-state index contributed by atoms with van der Waals surface area (Å²) in [5.74, 6) is 0. The lowest BCUT2D eigenvalue weighted by Crippen LogP contribution is -2.29. The number of nitrogens with one attached hydrogen (secondary N) is 3. The average Bonchev–Trinajstić information content (AvgIpc) is 2.65. The van der Waals surface area contributed by atoms with Gasteiger partial charge in [-0.05, 0) is 18.6 Å². The molecule has 1 aromatic rings. The van der Waals surface area contributed by atoms with Crippen LogP contribution in [0.3, 0.4) is 0 Å². The van der Waals surface area contributed by atoms with Crippen LogP contribution in [0.15, 0.2) is 12.4 Å². The standard InChI is InChI=1S/C8H14N4OS/c1-13-4-2-3-9-8(14)12-7-5-10-11-6-7/h5-6H,2-4H2,1H3,(H,10,11)(H2,9,12,14). The van der Waals surface area contributed by atoms with Gasteiger partial charge in [-0.2, -0.15) is 5.10 Å². The van der Waals surface area contributed by atoms with E-state index in [-0.39, 0.29) is 0 Å². The number of hydrogen-bond donors (Lipinski definition) is 3. The van der Waals surface area contributed by atoms with Crippen LogP contribution >= 0.6 is 12.2 Å². The average molecular weight is 214 g/mol. The number of aromatic amines is 1. The first-order chi connectivity index (χ1) is 6.83. The van der Waals surface area contributed by atoms with Crippen molar-refractivity contribution in [2.24, 2.45) is 0 Å². The Morgan fingerprint density at radius 3 is 3.21 bits per heavy atom. The van der Waals surface area contributed by atoms with Gasteiger partial charge in [0.1, 0.15) is 0 Å². The van der Waals surface area contributed by atoms with Gasteiger partial charge in [0.15, 0.2) is 5.11 Å². The van der Waals surface area contributed by atoms with E-state index >= 15 is 0 Å². The lowest BCUT2D eigenvalue weighted by Gasteiger charge is -2.07. The number of aromatic nitrogens is 2. The van der Waals surface area contributed by atoms with Gasteiger partial charge in [-0.1, -0.05) is 0 Å². The van der Waals surface area contributed by atoms with Crippen molar-refractivity contribution >= 4 is 23.0 Å². The number of nitrogens with zero attached hydrogens (tertiary/aromatic N) is 1. The summed E-state index contributed by atoms with van der Waals surface area (Å²) in [5.41, 5.74) is 0.856. The van der Waals surface area contributed by atoms with Crippen molar-refractivity contribution in [3.05, 3.63) is 12.4 Å². The van der Waals surface area contributed by atoms with Gasteiger partial charge in [0.05, 0.1) is 11.9 Å². The van der Waals surface area contributed by atoms with Crippen LogP contribution in [0.1, 0.15) is 6.42 Å². The van der Waals surface area contributed by atoms with Crippen LogP contribution in [0.25, 0.3) is 0 Å². The van der Waals surface area contributed by atoms with Gasteiger partial charge < -0.3 is 15.4 Å². The molecule has 0 radical (unpaired) electrons. The van der Waals surface area contributed by atoms with Crippen LogP contribution in [0.5, 0.6) is 0 Å². The molecular weight excluding hydrogens is 200 g/mol. The summed E-state index contributed by atoms with van der Waals surface area (Å²) in [4.78, 5) is 0. The fourth-order valence-electron chi connectivity index (χ4n) is 0.913.